The zero-order valence-electron chi connectivity index (χ0n) is 20.3. The van der Waals surface area contributed by atoms with Crippen LogP contribution in [0.5, 0.6) is 0 Å². The van der Waals surface area contributed by atoms with Crippen LogP contribution in [0.25, 0.3) is 11.8 Å². The summed E-state index contributed by atoms with van der Waals surface area (Å²) >= 11 is 0.793. The van der Waals surface area contributed by atoms with Crippen LogP contribution in [0.15, 0.2) is 59.5 Å². The molecule has 2 heterocycles. The number of benzene rings is 2. The SMILES string of the molecule is COC(=O)c1ccccc1-n1c(C)cc(/C=C2\SC(=O)N(CC(=O)Nc3ccc(C)cc3)C2=O)c1C. The zero-order valence-corrected chi connectivity index (χ0v) is 21.1. The van der Waals surface area contributed by atoms with E-state index in [-0.39, 0.29) is 11.4 Å². The van der Waals surface area contributed by atoms with Crippen molar-refractivity contribution in [2.45, 2.75) is 20.8 Å². The summed E-state index contributed by atoms with van der Waals surface area (Å²) in [6.45, 7) is 5.32. The summed E-state index contributed by atoms with van der Waals surface area (Å²) < 4.78 is 6.82. The number of amides is 3. The molecule has 0 radical (unpaired) electrons. The number of esters is 1. The van der Waals surface area contributed by atoms with E-state index in [1.54, 1.807) is 30.3 Å². The van der Waals surface area contributed by atoms with Crippen molar-refractivity contribution in [3.8, 4) is 5.69 Å². The number of aryl methyl sites for hydroxylation is 2. The van der Waals surface area contributed by atoms with Crippen molar-refractivity contribution in [2.24, 2.45) is 0 Å². The van der Waals surface area contributed by atoms with Gasteiger partial charge in [0.2, 0.25) is 5.91 Å². The monoisotopic (exact) mass is 503 g/mol. The van der Waals surface area contributed by atoms with Gasteiger partial charge in [-0.1, -0.05) is 29.8 Å². The second-order valence-corrected chi connectivity index (χ2v) is 9.35. The van der Waals surface area contributed by atoms with Gasteiger partial charge in [0.1, 0.15) is 6.54 Å². The Morgan fingerprint density at radius 3 is 2.42 bits per heavy atom. The Hall–Kier alpha value is -4.11. The molecule has 8 nitrogen and oxygen atoms in total. The third kappa shape index (κ3) is 4.96. The number of anilines is 1. The second kappa shape index (κ2) is 10.2. The molecule has 0 bridgehead atoms. The molecule has 184 valence electrons. The second-order valence-electron chi connectivity index (χ2n) is 8.35. The van der Waals surface area contributed by atoms with E-state index in [1.807, 2.05) is 55.7 Å². The summed E-state index contributed by atoms with van der Waals surface area (Å²) in [6.07, 6.45) is 1.64. The van der Waals surface area contributed by atoms with Crippen LogP contribution >= 0.6 is 11.8 Å². The molecule has 3 aromatic rings. The van der Waals surface area contributed by atoms with Crippen molar-refractivity contribution in [3.63, 3.8) is 0 Å². The number of aromatic nitrogens is 1. The number of ether oxygens (including phenoxy) is 1. The van der Waals surface area contributed by atoms with Gasteiger partial charge in [0, 0.05) is 17.1 Å². The van der Waals surface area contributed by atoms with E-state index in [9.17, 15) is 19.2 Å². The Labute approximate surface area is 212 Å². The normalized spacial score (nSPS) is 14.4. The number of para-hydroxylation sites is 1. The lowest BCUT2D eigenvalue weighted by Gasteiger charge is -2.13. The highest BCUT2D eigenvalue weighted by Gasteiger charge is 2.36. The Kier molecular flexibility index (Phi) is 7.12. The number of nitrogens with one attached hydrogen (secondary N) is 1. The molecule has 1 aliphatic heterocycles. The Balaban J connectivity index is 1.57. The molecule has 1 aliphatic rings. The Morgan fingerprint density at radius 2 is 1.72 bits per heavy atom. The third-order valence-corrected chi connectivity index (χ3v) is 6.73. The van der Waals surface area contributed by atoms with Gasteiger partial charge in [-0.15, -0.1) is 0 Å². The smallest absolute Gasteiger partial charge is 0.339 e. The molecule has 9 heteroatoms. The number of rotatable bonds is 6. The molecule has 0 unspecified atom stereocenters. The number of methoxy groups -OCH3 is 1. The first kappa shape index (κ1) is 25.0. The van der Waals surface area contributed by atoms with Gasteiger partial charge in [-0.25, -0.2) is 4.79 Å². The molecule has 0 atom stereocenters. The fraction of sp³-hybridized carbons (Fsp3) is 0.185. The molecule has 1 saturated heterocycles. The first-order valence-electron chi connectivity index (χ1n) is 11.2. The van der Waals surface area contributed by atoms with Crippen LogP contribution in [0, 0.1) is 20.8 Å². The van der Waals surface area contributed by atoms with Crippen molar-refractivity contribution in [3.05, 3.63) is 87.6 Å². The lowest BCUT2D eigenvalue weighted by atomic mass is 10.1. The van der Waals surface area contributed by atoms with Crippen LogP contribution in [-0.4, -0.2) is 46.1 Å². The van der Waals surface area contributed by atoms with Gasteiger partial charge >= 0.3 is 5.97 Å². The fourth-order valence-corrected chi connectivity index (χ4v) is 4.84. The molecule has 1 fully saturated rings. The van der Waals surface area contributed by atoms with Gasteiger partial charge in [-0.05, 0) is 74.5 Å². The predicted octanol–water partition coefficient (Wildman–Crippen LogP) is 4.86. The molecule has 0 spiro atoms. The van der Waals surface area contributed by atoms with Crippen LogP contribution in [0.3, 0.4) is 0 Å². The van der Waals surface area contributed by atoms with Crippen LogP contribution < -0.4 is 5.32 Å². The van der Waals surface area contributed by atoms with E-state index in [0.717, 1.165) is 39.2 Å². The molecule has 1 N–H and O–H groups in total. The van der Waals surface area contributed by atoms with E-state index in [4.69, 9.17) is 4.74 Å². The summed E-state index contributed by atoms with van der Waals surface area (Å²) in [6, 6.07) is 16.2. The van der Waals surface area contributed by atoms with E-state index < -0.39 is 23.0 Å². The highest BCUT2D eigenvalue weighted by atomic mass is 32.2. The number of hydrogen-bond acceptors (Lipinski definition) is 6. The van der Waals surface area contributed by atoms with Gasteiger partial charge in [-0.3, -0.25) is 19.3 Å². The number of hydrogen-bond donors (Lipinski definition) is 1. The first-order chi connectivity index (χ1) is 17.2. The maximum absolute atomic E-state index is 13.0. The summed E-state index contributed by atoms with van der Waals surface area (Å²) in [5, 5.41) is 2.20. The summed E-state index contributed by atoms with van der Waals surface area (Å²) in [5.41, 5.74) is 5.06. The lowest BCUT2D eigenvalue weighted by molar-refractivity contribution is -0.127. The largest absolute Gasteiger partial charge is 0.465 e. The molecule has 0 saturated carbocycles. The maximum atomic E-state index is 13.0. The highest BCUT2D eigenvalue weighted by molar-refractivity contribution is 8.18. The van der Waals surface area contributed by atoms with Crippen molar-refractivity contribution in [2.75, 3.05) is 19.0 Å². The highest BCUT2D eigenvalue weighted by Crippen LogP contribution is 2.34. The number of imide groups is 1. The van der Waals surface area contributed by atoms with Crippen molar-refractivity contribution < 1.29 is 23.9 Å². The molecule has 3 amide bonds. The van der Waals surface area contributed by atoms with E-state index in [0.29, 0.717) is 16.9 Å². The summed E-state index contributed by atoms with van der Waals surface area (Å²) in [4.78, 5) is 51.4. The van der Waals surface area contributed by atoms with E-state index in [1.165, 1.54) is 7.11 Å². The predicted molar refractivity (Wildman–Crippen MR) is 139 cm³/mol. The minimum atomic E-state index is -0.524. The van der Waals surface area contributed by atoms with Crippen LogP contribution in [-0.2, 0) is 14.3 Å². The molecule has 36 heavy (non-hydrogen) atoms. The van der Waals surface area contributed by atoms with Crippen molar-refractivity contribution in [1.82, 2.24) is 9.47 Å². The minimum Gasteiger partial charge on any atom is -0.465 e. The molecule has 1 aromatic heterocycles. The van der Waals surface area contributed by atoms with Crippen LogP contribution in [0.4, 0.5) is 10.5 Å². The molecule has 2 aromatic carbocycles. The fourth-order valence-electron chi connectivity index (χ4n) is 4.01. The Bertz CT molecular complexity index is 1410. The molecular formula is C27H25N3O5S. The van der Waals surface area contributed by atoms with Crippen molar-refractivity contribution >= 4 is 46.5 Å². The molecular weight excluding hydrogens is 478 g/mol. The van der Waals surface area contributed by atoms with Crippen LogP contribution in [0.2, 0.25) is 0 Å². The van der Waals surface area contributed by atoms with Gasteiger partial charge in [-0.2, -0.15) is 0 Å². The number of carbonyl (C=O) groups excluding carboxylic acids is 4. The summed E-state index contributed by atoms with van der Waals surface area (Å²) in [7, 11) is 1.33. The van der Waals surface area contributed by atoms with Gasteiger partial charge in [0.05, 0.1) is 23.3 Å². The van der Waals surface area contributed by atoms with Crippen LogP contribution in [0.1, 0.15) is 32.9 Å². The first-order valence-corrected chi connectivity index (χ1v) is 12.0. The van der Waals surface area contributed by atoms with Gasteiger partial charge in [0.15, 0.2) is 0 Å². The average Bonchev–Trinajstić information content (AvgIpc) is 3.28. The topological polar surface area (TPSA) is 97.7 Å². The molecule has 4 rings (SSSR count). The van der Waals surface area contributed by atoms with Gasteiger partial charge < -0.3 is 14.6 Å². The lowest BCUT2D eigenvalue weighted by Crippen LogP contribution is -2.36. The Morgan fingerprint density at radius 1 is 1.03 bits per heavy atom. The van der Waals surface area contributed by atoms with Crippen molar-refractivity contribution in [1.29, 1.82) is 0 Å². The zero-order chi connectivity index (χ0) is 26.0. The number of thioether (sulfide) groups is 1. The quantitative estimate of drug-likeness (QED) is 0.381. The third-order valence-electron chi connectivity index (χ3n) is 5.82. The summed E-state index contributed by atoms with van der Waals surface area (Å²) in [5.74, 6) is -1.44. The molecule has 0 aliphatic carbocycles. The number of carbonyl (C=O) groups is 4. The van der Waals surface area contributed by atoms with E-state index >= 15 is 0 Å². The number of nitrogens with zero attached hydrogens (tertiary/aromatic N) is 2. The minimum absolute atomic E-state index is 0.227. The standard InChI is InChI=1S/C27H25N3O5S/c1-16-9-11-20(12-10-16)28-24(31)15-29-25(32)23(36-27(29)34)14-19-13-17(2)30(18(19)3)22-8-6-5-7-21(22)26(33)35-4/h5-14H,15H2,1-4H3,(H,28,31)/b23-14-. The maximum Gasteiger partial charge on any atom is 0.339 e. The van der Waals surface area contributed by atoms with E-state index in [2.05, 4.69) is 5.32 Å². The van der Waals surface area contributed by atoms with Gasteiger partial charge in [0.25, 0.3) is 11.1 Å². The average molecular weight is 504 g/mol.